The lowest BCUT2D eigenvalue weighted by Gasteiger charge is -2.24. The summed E-state index contributed by atoms with van der Waals surface area (Å²) >= 11 is 0. The van der Waals surface area contributed by atoms with Gasteiger partial charge in [0.25, 0.3) is 0 Å². The minimum atomic E-state index is -0.722. The van der Waals surface area contributed by atoms with E-state index >= 15 is 0 Å². The maximum absolute atomic E-state index is 10.8. The van der Waals surface area contributed by atoms with E-state index in [2.05, 4.69) is 0 Å². The number of carbonyl (C=O) groups is 1. The second-order valence-corrected chi connectivity index (χ2v) is 2.81. The van der Waals surface area contributed by atoms with Gasteiger partial charge in [-0.05, 0) is 12.8 Å². The summed E-state index contributed by atoms with van der Waals surface area (Å²) in [4.78, 5) is 10.8. The number of carboxylic acid groups (broad SMARTS) is 1. The Morgan fingerprint density at radius 2 is 2.36 bits per heavy atom. The van der Waals surface area contributed by atoms with Crippen molar-refractivity contribution in [3.63, 3.8) is 0 Å². The minimum Gasteiger partial charge on any atom is -0.481 e. The first-order valence-electron chi connectivity index (χ1n) is 3.79. The van der Waals surface area contributed by atoms with Crippen LogP contribution in [0.3, 0.4) is 0 Å². The van der Waals surface area contributed by atoms with Crippen molar-refractivity contribution in [3.8, 4) is 0 Å². The number of rotatable bonds is 2. The first kappa shape index (κ1) is 8.05. The number of aliphatic carboxylic acids is 1. The van der Waals surface area contributed by atoms with Crippen LogP contribution in [0.4, 0.5) is 0 Å². The number of hydrogen-bond donors (Lipinski definition) is 1. The molecule has 0 saturated heterocycles. The molecule has 2 nitrogen and oxygen atoms in total. The second kappa shape index (κ2) is 2.91. The number of hydrogen-bond acceptors (Lipinski definition) is 1. The molecule has 0 aromatic carbocycles. The van der Waals surface area contributed by atoms with Gasteiger partial charge in [-0.25, -0.2) is 0 Å². The molecule has 0 bridgehead atoms. The van der Waals surface area contributed by atoms with Crippen molar-refractivity contribution in [3.05, 3.63) is 24.3 Å². The van der Waals surface area contributed by atoms with Gasteiger partial charge in [-0.15, -0.1) is 0 Å². The molecule has 0 aliphatic heterocycles. The molecular weight excluding hydrogens is 140 g/mol. The van der Waals surface area contributed by atoms with Crippen LogP contribution in [0, 0.1) is 5.41 Å². The predicted octanol–water partition coefficient (Wildman–Crippen LogP) is 1.98. The van der Waals surface area contributed by atoms with Crippen LogP contribution in [0.25, 0.3) is 0 Å². The number of allylic oxidation sites excluding steroid dienone is 3. The molecule has 0 aromatic heterocycles. The van der Waals surface area contributed by atoms with Crippen LogP contribution < -0.4 is 0 Å². The summed E-state index contributed by atoms with van der Waals surface area (Å²) in [5.41, 5.74) is -0.630. The topological polar surface area (TPSA) is 37.3 Å². The monoisotopic (exact) mass is 152 g/mol. The van der Waals surface area contributed by atoms with Crippen LogP contribution in [0.5, 0.6) is 0 Å². The van der Waals surface area contributed by atoms with E-state index in [9.17, 15) is 4.79 Å². The van der Waals surface area contributed by atoms with Gasteiger partial charge < -0.3 is 5.11 Å². The van der Waals surface area contributed by atoms with Crippen LogP contribution in [0.2, 0.25) is 0 Å². The molecule has 60 valence electrons. The van der Waals surface area contributed by atoms with Crippen LogP contribution in [-0.4, -0.2) is 11.1 Å². The van der Waals surface area contributed by atoms with Gasteiger partial charge >= 0.3 is 5.97 Å². The summed E-state index contributed by atoms with van der Waals surface area (Å²) in [5.74, 6) is -0.722. The molecule has 0 heterocycles. The highest BCUT2D eigenvalue weighted by Crippen LogP contribution is 2.31. The zero-order chi connectivity index (χ0) is 8.32. The van der Waals surface area contributed by atoms with Crippen molar-refractivity contribution >= 4 is 5.97 Å². The molecule has 1 rings (SSSR count). The Morgan fingerprint density at radius 3 is 2.64 bits per heavy atom. The van der Waals surface area contributed by atoms with E-state index in [-0.39, 0.29) is 0 Å². The van der Waals surface area contributed by atoms with Gasteiger partial charge in [0.2, 0.25) is 0 Å². The fourth-order valence-electron chi connectivity index (χ4n) is 1.24. The molecule has 11 heavy (non-hydrogen) atoms. The summed E-state index contributed by atoms with van der Waals surface area (Å²) in [6.45, 7) is 1.90. The quantitative estimate of drug-likeness (QED) is 0.657. The third-order valence-corrected chi connectivity index (χ3v) is 2.20. The molecule has 0 radical (unpaired) electrons. The largest absolute Gasteiger partial charge is 0.481 e. The van der Waals surface area contributed by atoms with Gasteiger partial charge in [0.1, 0.15) is 0 Å². The molecule has 1 aliphatic carbocycles. The molecular formula is C9H12O2. The Balaban J connectivity index is 2.85. The first-order valence-corrected chi connectivity index (χ1v) is 3.79. The van der Waals surface area contributed by atoms with Crippen molar-refractivity contribution in [1.82, 2.24) is 0 Å². The Hall–Kier alpha value is -1.05. The second-order valence-electron chi connectivity index (χ2n) is 2.81. The van der Waals surface area contributed by atoms with Crippen LogP contribution in [0.15, 0.2) is 24.3 Å². The summed E-state index contributed by atoms with van der Waals surface area (Å²) in [6.07, 6.45) is 8.64. The highest BCUT2D eigenvalue weighted by atomic mass is 16.4. The van der Waals surface area contributed by atoms with E-state index in [0.717, 1.165) is 0 Å². The van der Waals surface area contributed by atoms with Crippen LogP contribution >= 0.6 is 0 Å². The lowest BCUT2D eigenvalue weighted by Crippen LogP contribution is -2.28. The fraction of sp³-hybridized carbons (Fsp3) is 0.444. The Bertz CT molecular complexity index is 216. The molecule has 0 fully saturated rings. The van der Waals surface area contributed by atoms with E-state index in [1.807, 2.05) is 19.1 Å². The molecule has 0 aromatic rings. The third kappa shape index (κ3) is 1.34. The molecule has 0 spiro atoms. The summed E-state index contributed by atoms with van der Waals surface area (Å²) < 4.78 is 0. The maximum Gasteiger partial charge on any atom is 0.313 e. The average molecular weight is 152 g/mol. The van der Waals surface area contributed by atoms with Crippen molar-refractivity contribution in [2.45, 2.75) is 19.8 Å². The Kier molecular flexibility index (Phi) is 2.13. The van der Waals surface area contributed by atoms with E-state index in [1.54, 1.807) is 12.2 Å². The van der Waals surface area contributed by atoms with Gasteiger partial charge in [-0.1, -0.05) is 31.2 Å². The molecule has 0 saturated carbocycles. The highest BCUT2D eigenvalue weighted by Gasteiger charge is 2.33. The van der Waals surface area contributed by atoms with Crippen molar-refractivity contribution in [2.75, 3.05) is 0 Å². The summed E-state index contributed by atoms with van der Waals surface area (Å²) in [7, 11) is 0. The highest BCUT2D eigenvalue weighted by molar-refractivity contribution is 5.77. The van der Waals surface area contributed by atoms with E-state index in [0.29, 0.717) is 12.8 Å². The molecule has 1 N–H and O–H groups in total. The average Bonchev–Trinajstić information content (AvgIpc) is 2.05. The van der Waals surface area contributed by atoms with Gasteiger partial charge in [0.15, 0.2) is 0 Å². The van der Waals surface area contributed by atoms with Crippen LogP contribution in [-0.2, 0) is 4.79 Å². The molecule has 1 unspecified atom stereocenters. The zero-order valence-electron chi connectivity index (χ0n) is 6.58. The minimum absolute atomic E-state index is 0.620. The lowest BCUT2D eigenvalue weighted by atomic mass is 9.79. The molecule has 2 heteroatoms. The van der Waals surface area contributed by atoms with Crippen molar-refractivity contribution < 1.29 is 9.90 Å². The Labute approximate surface area is 66.2 Å². The maximum atomic E-state index is 10.8. The van der Waals surface area contributed by atoms with E-state index < -0.39 is 11.4 Å². The standard InChI is InChI=1S/C9H12O2/c1-2-9(8(10)11)6-4-3-5-7-9/h3-6H,2,7H2,1H3,(H,10,11). The summed E-state index contributed by atoms with van der Waals surface area (Å²) in [6, 6.07) is 0. The first-order chi connectivity index (χ1) is 5.21. The van der Waals surface area contributed by atoms with E-state index in [1.165, 1.54) is 0 Å². The zero-order valence-corrected chi connectivity index (χ0v) is 6.58. The predicted molar refractivity (Wildman–Crippen MR) is 43.3 cm³/mol. The lowest BCUT2D eigenvalue weighted by molar-refractivity contribution is -0.146. The van der Waals surface area contributed by atoms with E-state index in [4.69, 9.17) is 5.11 Å². The van der Waals surface area contributed by atoms with Gasteiger partial charge in [0, 0.05) is 0 Å². The third-order valence-electron chi connectivity index (χ3n) is 2.20. The fourth-order valence-corrected chi connectivity index (χ4v) is 1.24. The smallest absolute Gasteiger partial charge is 0.313 e. The Morgan fingerprint density at radius 1 is 1.64 bits per heavy atom. The van der Waals surface area contributed by atoms with Crippen LogP contribution in [0.1, 0.15) is 19.8 Å². The molecule has 0 amide bonds. The SMILES string of the molecule is CCC1(C(=O)O)C=CC=CC1. The normalized spacial score (nSPS) is 28.8. The van der Waals surface area contributed by atoms with Gasteiger partial charge in [-0.3, -0.25) is 4.79 Å². The van der Waals surface area contributed by atoms with Crippen molar-refractivity contribution in [1.29, 1.82) is 0 Å². The van der Waals surface area contributed by atoms with Gasteiger partial charge in [0.05, 0.1) is 5.41 Å². The molecule has 1 atom stereocenters. The van der Waals surface area contributed by atoms with Gasteiger partial charge in [-0.2, -0.15) is 0 Å². The number of carboxylic acids is 1. The van der Waals surface area contributed by atoms with Crippen molar-refractivity contribution in [2.24, 2.45) is 5.41 Å². The molecule has 1 aliphatic rings. The summed E-state index contributed by atoms with van der Waals surface area (Å²) in [5, 5.41) is 8.90.